The first-order valence-electron chi connectivity index (χ1n) is 8.39. The predicted molar refractivity (Wildman–Crippen MR) is 110 cm³/mol. The van der Waals surface area contributed by atoms with E-state index in [1.807, 2.05) is 24.4 Å². The molecule has 0 spiro atoms. The molecule has 10 heteroatoms. The average Bonchev–Trinajstić information content (AvgIpc) is 3.34. The molecule has 0 fully saturated rings. The minimum atomic E-state index is -0.236. The van der Waals surface area contributed by atoms with Gasteiger partial charge in [-0.2, -0.15) is 0 Å². The number of rotatable bonds is 8. The van der Waals surface area contributed by atoms with Gasteiger partial charge in [-0.3, -0.25) is 4.79 Å². The summed E-state index contributed by atoms with van der Waals surface area (Å²) in [6.45, 7) is 2.49. The highest BCUT2D eigenvalue weighted by molar-refractivity contribution is 7.13. The second-order valence-electron chi connectivity index (χ2n) is 5.78. The summed E-state index contributed by atoms with van der Waals surface area (Å²) in [6.07, 6.45) is 0.769. The molecule has 0 aliphatic carbocycles. The maximum atomic E-state index is 12.6. The molecule has 0 aliphatic rings. The Morgan fingerprint density at radius 1 is 1.21 bits per heavy atom. The summed E-state index contributed by atoms with van der Waals surface area (Å²) in [4.78, 5) is 15.1. The summed E-state index contributed by atoms with van der Waals surface area (Å²) < 4.78 is 11.2. The van der Waals surface area contributed by atoms with Gasteiger partial charge in [0.2, 0.25) is 5.89 Å². The van der Waals surface area contributed by atoms with Crippen molar-refractivity contribution in [2.75, 3.05) is 13.2 Å². The highest BCUT2D eigenvalue weighted by Gasteiger charge is 2.19. The maximum Gasteiger partial charge on any atom is 0.260 e. The van der Waals surface area contributed by atoms with Crippen molar-refractivity contribution in [3.8, 4) is 16.5 Å². The minimum Gasteiger partial charge on any atom is -0.482 e. The van der Waals surface area contributed by atoms with Crippen LogP contribution in [0.25, 0.3) is 10.8 Å². The molecule has 0 saturated carbocycles. The number of carbonyl (C=O) groups excluding carboxylic acids is 1. The van der Waals surface area contributed by atoms with Gasteiger partial charge in [0.15, 0.2) is 6.61 Å². The first-order valence-corrected chi connectivity index (χ1v) is 10.4. The van der Waals surface area contributed by atoms with Crippen molar-refractivity contribution in [3.63, 3.8) is 0 Å². The first-order chi connectivity index (χ1) is 13.5. The molecule has 1 amide bonds. The van der Waals surface area contributed by atoms with Crippen LogP contribution in [-0.4, -0.2) is 34.2 Å². The van der Waals surface area contributed by atoms with Crippen LogP contribution in [0.15, 0.2) is 34.1 Å². The second-order valence-corrected chi connectivity index (χ2v) is 7.95. The SMILES string of the molecule is CCCN(Cc1nnc(-c2cccs2)o1)C(=O)COc1cc(Cl)c(Cl)cc1Cl. The van der Waals surface area contributed by atoms with Gasteiger partial charge in [0.25, 0.3) is 11.8 Å². The lowest BCUT2D eigenvalue weighted by atomic mass is 10.3. The van der Waals surface area contributed by atoms with Gasteiger partial charge in [-0.15, -0.1) is 21.5 Å². The number of ether oxygens (including phenoxy) is 1. The highest BCUT2D eigenvalue weighted by Crippen LogP contribution is 2.33. The molecule has 1 aromatic carbocycles. The van der Waals surface area contributed by atoms with E-state index in [0.717, 1.165) is 11.3 Å². The summed E-state index contributed by atoms with van der Waals surface area (Å²) in [6, 6.07) is 6.75. The van der Waals surface area contributed by atoms with Crippen LogP contribution in [0.4, 0.5) is 0 Å². The monoisotopic (exact) mass is 459 g/mol. The van der Waals surface area contributed by atoms with Crippen LogP contribution in [0.3, 0.4) is 0 Å². The van der Waals surface area contributed by atoms with E-state index in [2.05, 4.69) is 10.2 Å². The topological polar surface area (TPSA) is 68.5 Å². The number of thiophene rings is 1. The average molecular weight is 461 g/mol. The fourth-order valence-electron chi connectivity index (χ4n) is 2.39. The van der Waals surface area contributed by atoms with E-state index >= 15 is 0 Å². The zero-order valence-electron chi connectivity index (χ0n) is 14.8. The van der Waals surface area contributed by atoms with Crippen molar-refractivity contribution < 1.29 is 13.9 Å². The fraction of sp³-hybridized carbons (Fsp3) is 0.278. The number of nitrogens with zero attached hydrogens (tertiary/aromatic N) is 3. The molecule has 2 heterocycles. The highest BCUT2D eigenvalue weighted by atomic mass is 35.5. The molecule has 2 aromatic heterocycles. The molecule has 0 radical (unpaired) electrons. The lowest BCUT2D eigenvalue weighted by molar-refractivity contribution is -0.134. The van der Waals surface area contributed by atoms with Gasteiger partial charge in [0.05, 0.1) is 26.5 Å². The van der Waals surface area contributed by atoms with Gasteiger partial charge in [-0.1, -0.05) is 47.8 Å². The Labute approximate surface area is 181 Å². The second kappa shape index (κ2) is 9.60. The summed E-state index contributed by atoms with van der Waals surface area (Å²) in [5.41, 5.74) is 0. The molecule has 3 aromatic rings. The smallest absolute Gasteiger partial charge is 0.260 e. The molecular formula is C18H16Cl3N3O3S. The summed E-state index contributed by atoms with van der Waals surface area (Å²) in [7, 11) is 0. The minimum absolute atomic E-state index is 0.198. The third-order valence-corrected chi connectivity index (χ3v) is 5.57. The van der Waals surface area contributed by atoms with Crippen LogP contribution in [0.5, 0.6) is 5.75 Å². The summed E-state index contributed by atoms with van der Waals surface area (Å²) in [5, 5.41) is 10.9. The van der Waals surface area contributed by atoms with Crippen LogP contribution in [0, 0.1) is 0 Å². The zero-order valence-corrected chi connectivity index (χ0v) is 17.9. The van der Waals surface area contributed by atoms with Crippen molar-refractivity contribution in [2.45, 2.75) is 19.9 Å². The standard InChI is InChI=1S/C18H16Cl3N3O3S/c1-2-5-24(9-16-22-23-18(27-16)15-4-3-6-28-15)17(25)10-26-14-8-12(20)11(19)7-13(14)21/h3-4,6-8H,2,5,9-10H2,1H3. The quantitative estimate of drug-likeness (QED) is 0.411. The van der Waals surface area contributed by atoms with Crippen molar-refractivity contribution in [1.82, 2.24) is 15.1 Å². The van der Waals surface area contributed by atoms with E-state index in [1.54, 1.807) is 4.90 Å². The van der Waals surface area contributed by atoms with E-state index < -0.39 is 0 Å². The van der Waals surface area contributed by atoms with Crippen molar-refractivity contribution in [2.24, 2.45) is 0 Å². The third kappa shape index (κ3) is 5.17. The Hall–Kier alpha value is -1.80. The van der Waals surface area contributed by atoms with Gasteiger partial charge < -0.3 is 14.1 Å². The zero-order chi connectivity index (χ0) is 20.1. The van der Waals surface area contributed by atoms with Gasteiger partial charge in [0.1, 0.15) is 5.75 Å². The number of aromatic nitrogens is 2. The van der Waals surface area contributed by atoms with Crippen molar-refractivity contribution >= 4 is 52.0 Å². The van der Waals surface area contributed by atoms with Gasteiger partial charge >= 0.3 is 0 Å². The Kier molecular flexibility index (Phi) is 7.18. The third-order valence-electron chi connectivity index (χ3n) is 3.70. The normalized spacial score (nSPS) is 10.9. The van der Waals surface area contributed by atoms with Crippen LogP contribution in [-0.2, 0) is 11.3 Å². The van der Waals surface area contributed by atoms with E-state index in [-0.39, 0.29) is 24.1 Å². The number of carbonyl (C=O) groups is 1. The number of hydrogen-bond acceptors (Lipinski definition) is 6. The van der Waals surface area contributed by atoms with Crippen LogP contribution in [0.1, 0.15) is 19.2 Å². The summed E-state index contributed by atoms with van der Waals surface area (Å²) in [5.74, 6) is 0.851. The van der Waals surface area contributed by atoms with Crippen LogP contribution < -0.4 is 4.74 Å². The van der Waals surface area contributed by atoms with Gasteiger partial charge in [0, 0.05) is 12.6 Å². The summed E-state index contributed by atoms with van der Waals surface area (Å²) >= 11 is 19.5. The molecule has 0 saturated heterocycles. The fourth-order valence-corrected chi connectivity index (χ4v) is 3.62. The van der Waals surface area contributed by atoms with Gasteiger partial charge in [-0.05, 0) is 23.9 Å². The van der Waals surface area contributed by atoms with Crippen molar-refractivity contribution in [3.05, 3.63) is 50.6 Å². The van der Waals surface area contributed by atoms with Crippen LogP contribution in [0.2, 0.25) is 15.1 Å². The lowest BCUT2D eigenvalue weighted by Crippen LogP contribution is -2.35. The van der Waals surface area contributed by atoms with Gasteiger partial charge in [-0.25, -0.2) is 0 Å². The Balaban J connectivity index is 1.65. The Bertz CT molecular complexity index is 947. The molecule has 148 valence electrons. The number of benzene rings is 1. The molecule has 0 unspecified atom stereocenters. The van der Waals surface area contributed by atoms with E-state index in [1.165, 1.54) is 23.5 Å². The largest absolute Gasteiger partial charge is 0.482 e. The molecule has 0 atom stereocenters. The maximum absolute atomic E-state index is 12.6. The molecule has 0 bridgehead atoms. The number of halogens is 3. The van der Waals surface area contributed by atoms with E-state index in [4.69, 9.17) is 44.0 Å². The number of amides is 1. The first kappa shape index (κ1) is 20.9. The number of hydrogen-bond donors (Lipinski definition) is 0. The molecule has 0 aliphatic heterocycles. The Morgan fingerprint density at radius 3 is 2.71 bits per heavy atom. The van der Waals surface area contributed by atoms with E-state index in [0.29, 0.717) is 34.1 Å². The molecular weight excluding hydrogens is 445 g/mol. The molecule has 6 nitrogen and oxygen atoms in total. The molecule has 3 rings (SSSR count). The Morgan fingerprint density at radius 2 is 2.00 bits per heavy atom. The van der Waals surface area contributed by atoms with E-state index in [9.17, 15) is 4.79 Å². The lowest BCUT2D eigenvalue weighted by Gasteiger charge is -2.20. The molecule has 0 N–H and O–H groups in total. The predicted octanol–water partition coefficient (Wildman–Crippen LogP) is 5.58. The van der Waals surface area contributed by atoms with Crippen LogP contribution >= 0.6 is 46.1 Å². The van der Waals surface area contributed by atoms with Crippen molar-refractivity contribution in [1.29, 1.82) is 0 Å². The molecule has 28 heavy (non-hydrogen) atoms.